The topological polar surface area (TPSA) is 66.5 Å². The third-order valence-electron chi connectivity index (χ3n) is 3.53. The van der Waals surface area contributed by atoms with Crippen LogP contribution in [0.25, 0.3) is 0 Å². The van der Waals surface area contributed by atoms with Gasteiger partial charge in [0.05, 0.1) is 11.4 Å². The Bertz CT molecular complexity index is 791. The smallest absolute Gasteiger partial charge is 0.243 e. The third kappa shape index (κ3) is 5.88. The number of thioether (sulfide) groups is 1. The van der Waals surface area contributed by atoms with E-state index in [0.717, 1.165) is 20.5 Å². The maximum Gasteiger partial charge on any atom is 0.243 e. The standard InChI is InChI=1S/C18H22N2O3S2/c1-15-8-10-17(11-9-15)25(22,23)20(2)14-18(21)19-12-13-24-16-6-4-3-5-7-16/h3-11H,12-14H2,1-2H3,(H,19,21). The van der Waals surface area contributed by atoms with Crippen molar-refractivity contribution in [1.82, 2.24) is 9.62 Å². The molecule has 0 saturated carbocycles. The van der Waals surface area contributed by atoms with E-state index in [0.29, 0.717) is 6.54 Å². The van der Waals surface area contributed by atoms with Crippen molar-refractivity contribution in [3.05, 3.63) is 60.2 Å². The maximum absolute atomic E-state index is 12.4. The first-order valence-corrected chi connectivity index (χ1v) is 10.3. The zero-order chi connectivity index (χ0) is 18.3. The van der Waals surface area contributed by atoms with Crippen LogP contribution in [0.3, 0.4) is 0 Å². The van der Waals surface area contributed by atoms with Crippen LogP contribution in [-0.4, -0.2) is 44.5 Å². The normalized spacial score (nSPS) is 11.5. The number of nitrogens with zero attached hydrogens (tertiary/aromatic N) is 1. The van der Waals surface area contributed by atoms with Gasteiger partial charge in [-0.1, -0.05) is 35.9 Å². The minimum absolute atomic E-state index is 0.188. The van der Waals surface area contributed by atoms with Crippen LogP contribution < -0.4 is 5.32 Å². The molecular weight excluding hydrogens is 356 g/mol. The van der Waals surface area contributed by atoms with Crippen molar-refractivity contribution in [2.24, 2.45) is 0 Å². The van der Waals surface area contributed by atoms with E-state index in [1.165, 1.54) is 7.05 Å². The first-order valence-electron chi connectivity index (χ1n) is 7.87. The molecule has 1 amide bonds. The summed E-state index contributed by atoms with van der Waals surface area (Å²) in [7, 11) is -2.25. The van der Waals surface area contributed by atoms with Crippen molar-refractivity contribution in [2.45, 2.75) is 16.7 Å². The minimum Gasteiger partial charge on any atom is -0.354 e. The Kier molecular flexibility index (Phi) is 7.04. The predicted molar refractivity (Wildman–Crippen MR) is 101 cm³/mol. The highest BCUT2D eigenvalue weighted by molar-refractivity contribution is 7.99. The van der Waals surface area contributed by atoms with Crippen molar-refractivity contribution < 1.29 is 13.2 Å². The molecule has 2 aromatic carbocycles. The molecule has 2 aromatic rings. The van der Waals surface area contributed by atoms with Gasteiger partial charge in [0.1, 0.15) is 0 Å². The summed E-state index contributed by atoms with van der Waals surface area (Å²) in [5.41, 5.74) is 0.982. The average molecular weight is 379 g/mol. The highest BCUT2D eigenvalue weighted by Crippen LogP contribution is 2.16. The zero-order valence-corrected chi connectivity index (χ0v) is 15.9. The first kappa shape index (κ1) is 19.5. The number of nitrogens with one attached hydrogen (secondary N) is 1. The first-order chi connectivity index (χ1) is 11.9. The van der Waals surface area contributed by atoms with Crippen molar-refractivity contribution >= 4 is 27.7 Å². The van der Waals surface area contributed by atoms with Crippen LogP contribution in [0.15, 0.2) is 64.4 Å². The Hall–Kier alpha value is -1.83. The summed E-state index contributed by atoms with van der Waals surface area (Å²) in [5.74, 6) is 0.413. The molecule has 0 aliphatic heterocycles. The number of carbonyl (C=O) groups is 1. The predicted octanol–water partition coefficient (Wildman–Crippen LogP) is 2.52. The second-order valence-corrected chi connectivity index (χ2v) is 8.80. The molecule has 0 bridgehead atoms. The van der Waals surface area contributed by atoms with E-state index in [-0.39, 0.29) is 17.3 Å². The summed E-state index contributed by atoms with van der Waals surface area (Å²) in [4.78, 5) is 13.3. The molecule has 0 atom stereocenters. The molecule has 0 aromatic heterocycles. The summed E-state index contributed by atoms with van der Waals surface area (Å²) in [5, 5.41) is 2.75. The zero-order valence-electron chi connectivity index (χ0n) is 14.3. The number of carbonyl (C=O) groups excluding carboxylic acids is 1. The Labute approximate surface area is 153 Å². The Morgan fingerprint density at radius 2 is 1.72 bits per heavy atom. The molecule has 0 heterocycles. The van der Waals surface area contributed by atoms with E-state index in [2.05, 4.69) is 5.32 Å². The molecule has 0 aliphatic rings. The number of hydrogen-bond acceptors (Lipinski definition) is 4. The van der Waals surface area contributed by atoms with E-state index in [4.69, 9.17) is 0 Å². The molecule has 0 unspecified atom stereocenters. The molecule has 0 saturated heterocycles. The summed E-state index contributed by atoms with van der Waals surface area (Å²) < 4.78 is 25.9. The van der Waals surface area contributed by atoms with Gasteiger partial charge in [-0.25, -0.2) is 8.42 Å². The van der Waals surface area contributed by atoms with E-state index < -0.39 is 10.0 Å². The summed E-state index contributed by atoms with van der Waals surface area (Å²) in [6.45, 7) is 2.17. The van der Waals surface area contributed by atoms with Gasteiger partial charge in [0.15, 0.2) is 0 Å². The fourth-order valence-corrected chi connectivity index (χ4v) is 4.03. The van der Waals surface area contributed by atoms with E-state index >= 15 is 0 Å². The second-order valence-electron chi connectivity index (χ2n) is 5.59. The fourth-order valence-electron chi connectivity index (χ4n) is 2.11. The van der Waals surface area contributed by atoms with Gasteiger partial charge in [0.2, 0.25) is 15.9 Å². The van der Waals surface area contributed by atoms with Crippen LogP contribution in [0.4, 0.5) is 0 Å². The molecule has 0 aliphatic carbocycles. The van der Waals surface area contributed by atoms with Crippen LogP contribution in [-0.2, 0) is 14.8 Å². The fraction of sp³-hybridized carbons (Fsp3) is 0.278. The Balaban J connectivity index is 1.80. The lowest BCUT2D eigenvalue weighted by Gasteiger charge is -2.17. The van der Waals surface area contributed by atoms with Gasteiger partial charge in [-0.2, -0.15) is 4.31 Å². The van der Waals surface area contributed by atoms with Crippen molar-refractivity contribution in [2.75, 3.05) is 25.9 Å². The number of amides is 1. The molecule has 2 rings (SSSR count). The molecular formula is C18H22N2O3S2. The van der Waals surface area contributed by atoms with Gasteiger partial charge in [0, 0.05) is 24.2 Å². The van der Waals surface area contributed by atoms with E-state index in [1.54, 1.807) is 36.0 Å². The molecule has 134 valence electrons. The molecule has 5 nitrogen and oxygen atoms in total. The van der Waals surface area contributed by atoms with E-state index in [1.807, 2.05) is 37.3 Å². The van der Waals surface area contributed by atoms with Gasteiger partial charge >= 0.3 is 0 Å². The average Bonchev–Trinajstić information content (AvgIpc) is 2.60. The lowest BCUT2D eigenvalue weighted by atomic mass is 10.2. The molecule has 25 heavy (non-hydrogen) atoms. The van der Waals surface area contributed by atoms with Crippen LogP contribution in [0.5, 0.6) is 0 Å². The lowest BCUT2D eigenvalue weighted by molar-refractivity contribution is -0.121. The van der Waals surface area contributed by atoms with Crippen molar-refractivity contribution in [3.8, 4) is 0 Å². The van der Waals surface area contributed by atoms with Crippen LogP contribution in [0, 0.1) is 6.92 Å². The minimum atomic E-state index is -3.66. The second kappa shape index (κ2) is 9.03. The highest BCUT2D eigenvalue weighted by Gasteiger charge is 2.22. The highest BCUT2D eigenvalue weighted by atomic mass is 32.2. The number of rotatable bonds is 8. The number of hydrogen-bond donors (Lipinski definition) is 1. The quantitative estimate of drug-likeness (QED) is 0.566. The SMILES string of the molecule is Cc1ccc(S(=O)(=O)N(C)CC(=O)NCCSc2ccccc2)cc1. The Morgan fingerprint density at radius 3 is 2.36 bits per heavy atom. The Morgan fingerprint density at radius 1 is 1.08 bits per heavy atom. The maximum atomic E-state index is 12.4. The number of benzene rings is 2. The van der Waals surface area contributed by atoms with Crippen molar-refractivity contribution in [1.29, 1.82) is 0 Å². The van der Waals surface area contributed by atoms with Gasteiger partial charge < -0.3 is 5.32 Å². The lowest BCUT2D eigenvalue weighted by Crippen LogP contribution is -2.39. The number of sulfonamides is 1. The monoisotopic (exact) mass is 378 g/mol. The summed E-state index contributed by atoms with van der Waals surface area (Å²) in [6.07, 6.45) is 0. The largest absolute Gasteiger partial charge is 0.354 e. The van der Waals surface area contributed by atoms with Crippen LogP contribution >= 0.6 is 11.8 Å². The van der Waals surface area contributed by atoms with Crippen LogP contribution in [0.2, 0.25) is 0 Å². The molecule has 7 heteroatoms. The molecule has 0 fully saturated rings. The van der Waals surface area contributed by atoms with Gasteiger partial charge in [-0.15, -0.1) is 11.8 Å². The van der Waals surface area contributed by atoms with Gasteiger partial charge in [-0.05, 0) is 31.2 Å². The van der Waals surface area contributed by atoms with Crippen LogP contribution in [0.1, 0.15) is 5.56 Å². The van der Waals surface area contributed by atoms with Crippen molar-refractivity contribution in [3.63, 3.8) is 0 Å². The van der Waals surface area contributed by atoms with Gasteiger partial charge in [0.25, 0.3) is 0 Å². The number of aryl methyl sites for hydroxylation is 1. The molecule has 0 spiro atoms. The summed E-state index contributed by atoms with van der Waals surface area (Å²) in [6, 6.07) is 16.5. The van der Waals surface area contributed by atoms with E-state index in [9.17, 15) is 13.2 Å². The number of likely N-dealkylation sites (N-methyl/N-ethyl adjacent to an activating group) is 1. The summed E-state index contributed by atoms with van der Waals surface area (Å²) >= 11 is 1.64. The molecule has 1 N–H and O–H groups in total. The molecule has 0 radical (unpaired) electrons. The van der Waals surface area contributed by atoms with Gasteiger partial charge in [-0.3, -0.25) is 4.79 Å². The third-order valence-corrected chi connectivity index (χ3v) is 6.36.